The van der Waals surface area contributed by atoms with Crippen LogP contribution in [-0.2, 0) is 15.7 Å². The molecule has 0 fully saturated rings. The maximum Gasteiger partial charge on any atom is 0.416 e. The molecule has 0 saturated heterocycles. The highest BCUT2D eigenvalue weighted by molar-refractivity contribution is 5.97. The minimum Gasteiger partial charge on any atom is -0.449 e. The van der Waals surface area contributed by atoms with Crippen molar-refractivity contribution >= 4 is 23.3 Å². The third kappa shape index (κ3) is 5.27. The fourth-order valence-electron chi connectivity index (χ4n) is 2.05. The van der Waals surface area contributed by atoms with Crippen LogP contribution >= 0.6 is 0 Å². The number of nitro benzene ring substituents is 1. The second-order valence-electron chi connectivity index (χ2n) is 5.42. The van der Waals surface area contributed by atoms with Crippen molar-refractivity contribution in [2.45, 2.75) is 19.2 Å². The maximum absolute atomic E-state index is 12.7. The molecule has 1 atom stereocenters. The lowest BCUT2D eigenvalue weighted by atomic mass is 10.2. The zero-order chi connectivity index (χ0) is 20.2. The first kappa shape index (κ1) is 19.9. The fraction of sp³-hybridized carbons (Fsp3) is 0.176. The number of rotatable bonds is 5. The van der Waals surface area contributed by atoms with Crippen LogP contribution in [0.25, 0.3) is 0 Å². The number of esters is 1. The summed E-state index contributed by atoms with van der Waals surface area (Å²) in [5.41, 5.74) is -1.52. The lowest BCUT2D eigenvalue weighted by Crippen LogP contribution is -2.30. The number of nitrogens with one attached hydrogen (secondary N) is 1. The van der Waals surface area contributed by atoms with Crippen LogP contribution in [0.15, 0.2) is 48.5 Å². The van der Waals surface area contributed by atoms with Gasteiger partial charge >= 0.3 is 12.1 Å². The van der Waals surface area contributed by atoms with Crippen LogP contribution in [0.5, 0.6) is 0 Å². The standard InChI is InChI=1S/C17H13F3N2O5/c1-10(27-16(24)11-4-2-7-14(8-11)22(25)26)15(23)21-13-6-3-5-12(9-13)17(18,19)20/h2-10H,1H3,(H,21,23)/t10-/m0/s1. The molecule has 0 bridgehead atoms. The van der Waals surface area contributed by atoms with Crippen molar-refractivity contribution in [1.82, 2.24) is 0 Å². The third-order valence-corrected chi connectivity index (χ3v) is 3.40. The summed E-state index contributed by atoms with van der Waals surface area (Å²) in [4.78, 5) is 34.1. The molecule has 0 heterocycles. The zero-order valence-electron chi connectivity index (χ0n) is 13.8. The highest BCUT2D eigenvalue weighted by Gasteiger charge is 2.30. The SMILES string of the molecule is C[C@H](OC(=O)c1cccc([N+](=O)[O-])c1)C(=O)Nc1cccc(C(F)(F)F)c1. The van der Waals surface area contributed by atoms with E-state index in [4.69, 9.17) is 4.74 Å². The Kier molecular flexibility index (Phi) is 5.78. The highest BCUT2D eigenvalue weighted by atomic mass is 19.4. The van der Waals surface area contributed by atoms with Crippen LogP contribution in [0.4, 0.5) is 24.5 Å². The summed E-state index contributed by atoms with van der Waals surface area (Å²) in [5, 5.41) is 12.9. The molecule has 27 heavy (non-hydrogen) atoms. The quantitative estimate of drug-likeness (QED) is 0.482. The Morgan fingerprint density at radius 3 is 2.44 bits per heavy atom. The number of halogens is 3. The van der Waals surface area contributed by atoms with Crippen LogP contribution in [0.2, 0.25) is 0 Å². The Morgan fingerprint density at radius 1 is 1.15 bits per heavy atom. The van der Waals surface area contributed by atoms with Gasteiger partial charge in [-0.2, -0.15) is 13.2 Å². The molecular formula is C17H13F3N2O5. The molecule has 0 aliphatic heterocycles. The average molecular weight is 382 g/mol. The Bertz CT molecular complexity index is 883. The predicted molar refractivity (Wildman–Crippen MR) is 88.0 cm³/mol. The first-order valence-electron chi connectivity index (χ1n) is 7.51. The molecule has 10 heteroatoms. The largest absolute Gasteiger partial charge is 0.449 e. The van der Waals surface area contributed by atoms with Gasteiger partial charge in [-0.3, -0.25) is 14.9 Å². The molecule has 0 aromatic heterocycles. The topological polar surface area (TPSA) is 98.5 Å². The summed E-state index contributed by atoms with van der Waals surface area (Å²) in [5.74, 6) is -1.83. The number of non-ortho nitro benzene ring substituents is 1. The van der Waals surface area contributed by atoms with Gasteiger partial charge in [0.15, 0.2) is 6.10 Å². The second kappa shape index (κ2) is 7.85. The number of nitro groups is 1. The summed E-state index contributed by atoms with van der Waals surface area (Å²) in [6, 6.07) is 8.68. The summed E-state index contributed by atoms with van der Waals surface area (Å²) in [6.45, 7) is 1.22. The van der Waals surface area contributed by atoms with Crippen molar-refractivity contribution < 1.29 is 32.4 Å². The van der Waals surface area contributed by atoms with Crippen molar-refractivity contribution in [3.05, 3.63) is 69.8 Å². The number of anilines is 1. The van der Waals surface area contributed by atoms with Gasteiger partial charge in [0.2, 0.25) is 0 Å². The Hall–Kier alpha value is -3.43. The zero-order valence-corrected chi connectivity index (χ0v) is 13.8. The van der Waals surface area contributed by atoms with Gasteiger partial charge in [-0.25, -0.2) is 4.79 Å². The van der Waals surface area contributed by atoms with E-state index >= 15 is 0 Å². The molecule has 0 radical (unpaired) electrons. The molecule has 2 aromatic rings. The number of carbonyl (C=O) groups is 2. The molecule has 0 spiro atoms. The minimum atomic E-state index is -4.57. The minimum absolute atomic E-state index is 0.118. The Morgan fingerprint density at radius 2 is 1.81 bits per heavy atom. The van der Waals surface area contributed by atoms with Crippen LogP contribution in [0.1, 0.15) is 22.8 Å². The van der Waals surface area contributed by atoms with Crippen molar-refractivity contribution in [2.75, 3.05) is 5.32 Å². The van der Waals surface area contributed by atoms with Gasteiger partial charge in [-0.05, 0) is 31.2 Å². The molecule has 0 saturated carbocycles. The normalized spacial score (nSPS) is 12.1. The first-order valence-corrected chi connectivity index (χ1v) is 7.51. The number of hydrogen-bond acceptors (Lipinski definition) is 5. The number of amides is 1. The summed E-state index contributed by atoms with van der Waals surface area (Å²) >= 11 is 0. The van der Waals surface area contributed by atoms with E-state index in [-0.39, 0.29) is 16.9 Å². The number of ether oxygens (including phenoxy) is 1. The van der Waals surface area contributed by atoms with Gasteiger partial charge in [-0.1, -0.05) is 12.1 Å². The van der Waals surface area contributed by atoms with Crippen LogP contribution in [0.3, 0.4) is 0 Å². The van der Waals surface area contributed by atoms with Crippen molar-refractivity contribution in [2.24, 2.45) is 0 Å². The maximum atomic E-state index is 12.7. The van der Waals surface area contributed by atoms with E-state index in [0.717, 1.165) is 24.3 Å². The molecule has 0 unspecified atom stereocenters. The summed E-state index contributed by atoms with van der Waals surface area (Å²) in [6.07, 6.45) is -5.91. The van der Waals surface area contributed by atoms with Gasteiger partial charge in [-0.15, -0.1) is 0 Å². The summed E-state index contributed by atoms with van der Waals surface area (Å²) < 4.78 is 43.0. The van der Waals surface area contributed by atoms with E-state index in [1.807, 2.05) is 0 Å². The van der Waals surface area contributed by atoms with Gasteiger partial charge < -0.3 is 10.1 Å². The lowest BCUT2D eigenvalue weighted by molar-refractivity contribution is -0.384. The van der Waals surface area contributed by atoms with Crippen molar-refractivity contribution in [3.8, 4) is 0 Å². The Labute approximate surface area is 150 Å². The van der Waals surface area contributed by atoms with E-state index < -0.39 is 34.6 Å². The molecule has 1 amide bonds. The molecule has 0 aliphatic rings. The van der Waals surface area contributed by atoms with Gasteiger partial charge in [0, 0.05) is 17.8 Å². The average Bonchev–Trinajstić information content (AvgIpc) is 2.61. The number of nitrogens with zero attached hydrogens (tertiary/aromatic N) is 1. The smallest absolute Gasteiger partial charge is 0.416 e. The van der Waals surface area contributed by atoms with Gasteiger partial charge in [0.1, 0.15) is 0 Å². The molecule has 2 rings (SSSR count). The molecule has 7 nitrogen and oxygen atoms in total. The summed E-state index contributed by atoms with van der Waals surface area (Å²) in [7, 11) is 0. The van der Waals surface area contributed by atoms with Crippen molar-refractivity contribution in [1.29, 1.82) is 0 Å². The monoisotopic (exact) mass is 382 g/mol. The second-order valence-corrected chi connectivity index (χ2v) is 5.42. The number of hydrogen-bond donors (Lipinski definition) is 1. The van der Waals surface area contributed by atoms with Crippen LogP contribution in [0, 0.1) is 10.1 Å². The van der Waals surface area contributed by atoms with Crippen LogP contribution < -0.4 is 5.32 Å². The van der Waals surface area contributed by atoms with Gasteiger partial charge in [0.05, 0.1) is 16.1 Å². The van der Waals surface area contributed by atoms with Gasteiger partial charge in [0.25, 0.3) is 11.6 Å². The number of carbonyl (C=O) groups excluding carboxylic acids is 2. The molecule has 0 aliphatic carbocycles. The molecule has 1 N–H and O–H groups in total. The number of benzene rings is 2. The predicted octanol–water partition coefficient (Wildman–Crippen LogP) is 3.80. The number of alkyl halides is 3. The molecular weight excluding hydrogens is 369 g/mol. The van der Waals surface area contributed by atoms with E-state index in [9.17, 15) is 32.9 Å². The first-order chi connectivity index (χ1) is 12.6. The highest BCUT2D eigenvalue weighted by Crippen LogP contribution is 2.30. The molecule has 2 aromatic carbocycles. The van der Waals surface area contributed by atoms with E-state index in [1.165, 1.54) is 31.2 Å². The Balaban J connectivity index is 2.04. The third-order valence-electron chi connectivity index (χ3n) is 3.40. The van der Waals surface area contributed by atoms with E-state index in [1.54, 1.807) is 0 Å². The molecule has 142 valence electrons. The lowest BCUT2D eigenvalue weighted by Gasteiger charge is -2.14. The van der Waals surface area contributed by atoms with Crippen LogP contribution in [-0.4, -0.2) is 22.9 Å². The fourth-order valence-corrected chi connectivity index (χ4v) is 2.05. The van der Waals surface area contributed by atoms with E-state index in [2.05, 4.69) is 5.32 Å². The van der Waals surface area contributed by atoms with Crippen molar-refractivity contribution in [3.63, 3.8) is 0 Å². The van der Waals surface area contributed by atoms with E-state index in [0.29, 0.717) is 0 Å².